The van der Waals surface area contributed by atoms with Crippen LogP contribution in [0.15, 0.2) is 59.5 Å². The molecule has 1 amide bonds. The van der Waals surface area contributed by atoms with Crippen molar-refractivity contribution in [2.45, 2.75) is 52.3 Å². The molecule has 1 saturated carbocycles. The summed E-state index contributed by atoms with van der Waals surface area (Å²) in [7, 11) is 0. The lowest BCUT2D eigenvalue weighted by molar-refractivity contribution is 0.0697. The number of fused-ring (bicyclic) bond motifs is 2. The van der Waals surface area contributed by atoms with Crippen LogP contribution >= 0.6 is 0 Å². The Morgan fingerprint density at radius 1 is 1.12 bits per heavy atom. The molecule has 0 unspecified atom stereocenters. The van der Waals surface area contributed by atoms with Crippen LogP contribution in [0.2, 0.25) is 0 Å². The zero-order valence-corrected chi connectivity index (χ0v) is 19.2. The number of pyridine rings is 2. The van der Waals surface area contributed by atoms with Gasteiger partial charge in [0.2, 0.25) is 0 Å². The highest BCUT2D eigenvalue weighted by Crippen LogP contribution is 2.38. The van der Waals surface area contributed by atoms with Gasteiger partial charge in [0.05, 0.1) is 17.9 Å². The lowest BCUT2D eigenvalue weighted by Crippen LogP contribution is -2.41. The van der Waals surface area contributed by atoms with Crippen LogP contribution < -0.4 is 10.2 Å². The van der Waals surface area contributed by atoms with E-state index in [1.54, 1.807) is 12.3 Å². The van der Waals surface area contributed by atoms with Crippen molar-refractivity contribution in [1.82, 2.24) is 14.5 Å². The molecule has 2 aromatic heterocycles. The summed E-state index contributed by atoms with van der Waals surface area (Å²) in [5, 5.41) is 0. The molecule has 1 saturated heterocycles. The maximum absolute atomic E-state index is 13.7. The quantitative estimate of drug-likeness (QED) is 0.575. The van der Waals surface area contributed by atoms with E-state index in [4.69, 9.17) is 4.74 Å². The van der Waals surface area contributed by atoms with E-state index in [1.807, 2.05) is 65.8 Å². The van der Waals surface area contributed by atoms with Gasteiger partial charge < -0.3 is 14.2 Å². The molecule has 2 atom stereocenters. The van der Waals surface area contributed by atoms with Gasteiger partial charge in [-0.3, -0.25) is 14.6 Å². The first-order valence-electron chi connectivity index (χ1n) is 11.6. The number of piperidine rings is 1. The summed E-state index contributed by atoms with van der Waals surface area (Å²) in [5.41, 5.74) is 3.40. The molecule has 5 rings (SSSR count). The van der Waals surface area contributed by atoms with Crippen molar-refractivity contribution in [2.24, 2.45) is 5.92 Å². The summed E-state index contributed by atoms with van der Waals surface area (Å²) in [5.74, 6) is 1.11. The Bertz CT molecular complexity index is 1220. The minimum absolute atomic E-state index is 0.135. The van der Waals surface area contributed by atoms with E-state index in [0.717, 1.165) is 36.3 Å². The van der Waals surface area contributed by atoms with E-state index in [2.05, 4.69) is 4.98 Å². The van der Waals surface area contributed by atoms with E-state index in [1.165, 1.54) is 6.42 Å². The van der Waals surface area contributed by atoms with Crippen LogP contribution in [0, 0.1) is 19.8 Å². The van der Waals surface area contributed by atoms with Crippen LogP contribution in [0.3, 0.4) is 0 Å². The van der Waals surface area contributed by atoms with Gasteiger partial charge in [-0.1, -0.05) is 23.8 Å². The van der Waals surface area contributed by atoms with Gasteiger partial charge in [-0.05, 0) is 63.3 Å². The molecule has 2 bridgehead atoms. The molecule has 6 nitrogen and oxygen atoms in total. The minimum Gasteiger partial charge on any atom is -0.487 e. The lowest BCUT2D eigenvalue weighted by Gasteiger charge is -2.28. The fraction of sp³-hybridized carbons (Fsp3) is 0.370. The standard InChI is InChI=1S/C27H29N3O3/c1-18-6-10-23(11-7-18)33-17-24-26(27(32)30-15-20-8-9-22(30)14-20)25(31)13-19(2)29(24)16-21-5-3-4-12-28-21/h3-7,10-13,20,22H,8-9,14-17H2,1-2H3/t20-,22+/m0/s1. The summed E-state index contributed by atoms with van der Waals surface area (Å²) in [6.07, 6.45) is 5.01. The molecule has 0 radical (unpaired) electrons. The number of aromatic nitrogens is 2. The van der Waals surface area contributed by atoms with Crippen molar-refractivity contribution < 1.29 is 9.53 Å². The number of carbonyl (C=O) groups excluding carboxylic acids is 1. The normalized spacial score (nSPS) is 19.2. The average Bonchev–Trinajstić information content (AvgIpc) is 3.45. The molecule has 0 spiro atoms. The molecule has 1 aliphatic carbocycles. The highest BCUT2D eigenvalue weighted by molar-refractivity contribution is 5.95. The number of nitrogens with zero attached hydrogens (tertiary/aromatic N) is 3. The first kappa shape index (κ1) is 21.4. The van der Waals surface area contributed by atoms with Crippen molar-refractivity contribution in [3.8, 4) is 5.75 Å². The molecular formula is C27H29N3O3. The second-order valence-corrected chi connectivity index (χ2v) is 9.27. The van der Waals surface area contributed by atoms with Gasteiger partial charge in [0.1, 0.15) is 17.9 Å². The molecule has 2 aliphatic rings. The van der Waals surface area contributed by atoms with E-state index in [-0.39, 0.29) is 29.5 Å². The predicted octanol–water partition coefficient (Wildman–Crippen LogP) is 4.11. The minimum atomic E-state index is -0.236. The number of likely N-dealkylation sites (tertiary alicyclic amines) is 1. The topological polar surface area (TPSA) is 64.4 Å². The van der Waals surface area contributed by atoms with Gasteiger partial charge in [-0.15, -0.1) is 0 Å². The predicted molar refractivity (Wildman–Crippen MR) is 126 cm³/mol. The van der Waals surface area contributed by atoms with Gasteiger partial charge in [-0.25, -0.2) is 0 Å². The third-order valence-electron chi connectivity index (χ3n) is 6.95. The summed E-state index contributed by atoms with van der Waals surface area (Å²) in [6.45, 7) is 5.26. The Morgan fingerprint density at radius 2 is 1.94 bits per heavy atom. The number of hydrogen-bond acceptors (Lipinski definition) is 4. The molecule has 3 aromatic rings. The Morgan fingerprint density at radius 3 is 2.61 bits per heavy atom. The molecule has 1 aromatic carbocycles. The summed E-state index contributed by atoms with van der Waals surface area (Å²) in [4.78, 5) is 33.3. The maximum Gasteiger partial charge on any atom is 0.260 e. The number of aryl methyl sites for hydroxylation is 2. The largest absolute Gasteiger partial charge is 0.487 e. The van der Waals surface area contributed by atoms with Crippen molar-refractivity contribution >= 4 is 5.91 Å². The summed E-state index contributed by atoms with van der Waals surface area (Å²) < 4.78 is 8.10. The molecule has 2 fully saturated rings. The Balaban J connectivity index is 1.55. The van der Waals surface area contributed by atoms with Crippen molar-refractivity contribution in [2.75, 3.05) is 6.54 Å². The van der Waals surface area contributed by atoms with Crippen LogP contribution in [-0.2, 0) is 13.2 Å². The zero-order valence-electron chi connectivity index (χ0n) is 19.2. The first-order valence-corrected chi connectivity index (χ1v) is 11.6. The average molecular weight is 444 g/mol. The second kappa shape index (κ2) is 8.85. The van der Waals surface area contributed by atoms with Gasteiger partial charge >= 0.3 is 0 Å². The number of rotatable bonds is 6. The number of hydrogen-bond donors (Lipinski definition) is 0. The van der Waals surface area contributed by atoms with E-state index >= 15 is 0 Å². The number of amides is 1. The zero-order chi connectivity index (χ0) is 22.9. The highest BCUT2D eigenvalue weighted by atomic mass is 16.5. The fourth-order valence-corrected chi connectivity index (χ4v) is 5.19. The van der Waals surface area contributed by atoms with E-state index in [0.29, 0.717) is 23.9 Å². The van der Waals surface area contributed by atoms with Crippen molar-refractivity contribution in [1.29, 1.82) is 0 Å². The van der Waals surface area contributed by atoms with E-state index in [9.17, 15) is 9.59 Å². The molecule has 3 heterocycles. The van der Waals surface area contributed by atoms with Crippen LogP contribution in [0.4, 0.5) is 0 Å². The van der Waals surface area contributed by atoms with Crippen LogP contribution in [0.1, 0.15) is 52.3 Å². The monoisotopic (exact) mass is 443 g/mol. The van der Waals surface area contributed by atoms with Crippen molar-refractivity contribution in [3.63, 3.8) is 0 Å². The molecule has 33 heavy (non-hydrogen) atoms. The Kier molecular flexibility index (Phi) is 5.75. The molecule has 170 valence electrons. The SMILES string of the molecule is Cc1ccc(OCc2c(C(=O)N3C[C@H]4CC[C@@H]3C4)c(=O)cc(C)n2Cc2ccccn2)cc1. The van der Waals surface area contributed by atoms with Gasteiger partial charge in [0.15, 0.2) is 5.43 Å². The van der Waals surface area contributed by atoms with Crippen LogP contribution in [0.25, 0.3) is 0 Å². The Labute approximate surface area is 193 Å². The highest BCUT2D eigenvalue weighted by Gasteiger charge is 2.41. The lowest BCUT2D eigenvalue weighted by atomic mass is 10.1. The Hall–Kier alpha value is -3.41. The molecule has 1 aliphatic heterocycles. The molecular weight excluding hydrogens is 414 g/mol. The second-order valence-electron chi connectivity index (χ2n) is 9.27. The smallest absolute Gasteiger partial charge is 0.260 e. The van der Waals surface area contributed by atoms with Crippen molar-refractivity contribution in [3.05, 3.63) is 93.2 Å². The first-order chi connectivity index (χ1) is 16.0. The summed E-state index contributed by atoms with van der Waals surface area (Å²) >= 11 is 0. The van der Waals surface area contributed by atoms with Crippen LogP contribution in [-0.4, -0.2) is 32.9 Å². The maximum atomic E-state index is 13.7. The fourth-order valence-electron chi connectivity index (χ4n) is 5.19. The van der Waals surface area contributed by atoms with Gasteiger partial charge in [-0.2, -0.15) is 0 Å². The summed E-state index contributed by atoms with van der Waals surface area (Å²) in [6, 6.07) is 15.4. The third kappa shape index (κ3) is 4.30. The van der Waals surface area contributed by atoms with Gasteiger partial charge in [0.25, 0.3) is 5.91 Å². The molecule has 6 heteroatoms. The number of carbonyl (C=O) groups is 1. The van der Waals surface area contributed by atoms with E-state index < -0.39 is 0 Å². The van der Waals surface area contributed by atoms with Gasteiger partial charge in [0, 0.05) is 30.5 Å². The molecule has 0 N–H and O–H groups in total. The number of benzene rings is 1. The van der Waals surface area contributed by atoms with Crippen LogP contribution in [0.5, 0.6) is 5.75 Å². The number of ether oxygens (including phenoxy) is 1. The third-order valence-corrected chi connectivity index (χ3v) is 6.95.